The lowest BCUT2D eigenvalue weighted by Gasteiger charge is -2.43. The molecule has 1 spiro atoms. The minimum Gasteiger partial charge on any atom is -0.493 e. The summed E-state index contributed by atoms with van der Waals surface area (Å²) >= 11 is 0. The number of amides is 4. The topological polar surface area (TPSA) is 110 Å². The van der Waals surface area contributed by atoms with Gasteiger partial charge in [-0.3, -0.25) is 19.5 Å². The summed E-state index contributed by atoms with van der Waals surface area (Å²) < 4.78 is 11.3. The number of urea groups is 1. The number of nitrogens with zero attached hydrogens (tertiary/aromatic N) is 2. The maximum atomic E-state index is 13.2. The number of carbonyl (C=O) groups excluding carboxylic acids is 3. The first-order chi connectivity index (χ1) is 17.1. The minimum atomic E-state index is -0.919. The van der Waals surface area contributed by atoms with Crippen LogP contribution >= 0.6 is 0 Å². The Morgan fingerprint density at radius 3 is 2.58 bits per heavy atom. The molecule has 0 bridgehead atoms. The highest BCUT2D eigenvalue weighted by atomic mass is 16.5. The van der Waals surface area contributed by atoms with Gasteiger partial charge in [-0.25, -0.2) is 4.79 Å². The van der Waals surface area contributed by atoms with E-state index in [1.807, 2.05) is 18.2 Å². The highest BCUT2D eigenvalue weighted by Gasteiger charge is 2.56. The second-order valence-corrected chi connectivity index (χ2v) is 10.7. The number of hydrogen-bond acceptors (Lipinski definition) is 6. The first-order valence-corrected chi connectivity index (χ1v) is 12.2. The monoisotopic (exact) mass is 494 g/mol. The predicted octanol–water partition coefficient (Wildman–Crippen LogP) is 3.42. The standard InChI is InChI=1S/C27H34N4O5/c1-18-12-26(2,3)17-27(13-18)24(33)31(25(34)30-27)15-23(32)29-14-20-5-6-21(22(11-20)35-4)36-16-19-7-9-28-10-8-19/h5-11,18H,12-17H2,1-4H3,(H,29,32)(H,30,34). The van der Waals surface area contributed by atoms with Gasteiger partial charge in [-0.15, -0.1) is 0 Å². The molecule has 1 aromatic heterocycles. The molecule has 1 aromatic carbocycles. The predicted molar refractivity (Wildman–Crippen MR) is 133 cm³/mol. The number of hydrogen-bond donors (Lipinski definition) is 2. The molecule has 2 N–H and O–H groups in total. The fraction of sp³-hybridized carbons (Fsp3) is 0.481. The van der Waals surface area contributed by atoms with E-state index in [0.29, 0.717) is 36.9 Å². The molecule has 192 valence electrons. The van der Waals surface area contributed by atoms with Crippen LogP contribution in [-0.4, -0.2) is 46.9 Å². The Labute approximate surface area is 211 Å². The van der Waals surface area contributed by atoms with E-state index in [0.717, 1.165) is 22.4 Å². The molecule has 1 saturated heterocycles. The number of rotatable bonds is 8. The molecule has 0 radical (unpaired) electrons. The van der Waals surface area contributed by atoms with Crippen molar-refractivity contribution in [2.75, 3.05) is 13.7 Å². The zero-order valence-corrected chi connectivity index (χ0v) is 21.3. The van der Waals surface area contributed by atoms with Crippen molar-refractivity contribution in [3.63, 3.8) is 0 Å². The molecular formula is C27H34N4O5. The Hall–Kier alpha value is -3.62. The summed E-state index contributed by atoms with van der Waals surface area (Å²) in [5.74, 6) is 0.716. The summed E-state index contributed by atoms with van der Waals surface area (Å²) in [6.07, 6.45) is 5.57. The molecule has 9 heteroatoms. The van der Waals surface area contributed by atoms with E-state index in [1.54, 1.807) is 31.6 Å². The SMILES string of the molecule is COc1cc(CNC(=O)CN2C(=O)NC3(CC(C)CC(C)(C)C3)C2=O)ccc1OCc1ccncc1. The molecule has 2 unspecified atom stereocenters. The highest BCUT2D eigenvalue weighted by molar-refractivity contribution is 6.09. The number of ether oxygens (including phenoxy) is 2. The van der Waals surface area contributed by atoms with Crippen molar-refractivity contribution in [3.05, 3.63) is 53.9 Å². The molecule has 1 aliphatic carbocycles. The van der Waals surface area contributed by atoms with Crippen molar-refractivity contribution in [2.45, 2.75) is 58.7 Å². The average Bonchev–Trinajstić information content (AvgIpc) is 3.03. The Bertz CT molecular complexity index is 1140. The number of carbonyl (C=O) groups is 3. The second kappa shape index (κ2) is 10.2. The van der Waals surface area contributed by atoms with Gasteiger partial charge in [0.2, 0.25) is 5.91 Å². The minimum absolute atomic E-state index is 0.0634. The van der Waals surface area contributed by atoms with Gasteiger partial charge < -0.3 is 20.1 Å². The number of pyridine rings is 1. The van der Waals surface area contributed by atoms with Crippen LogP contribution in [0.3, 0.4) is 0 Å². The summed E-state index contributed by atoms with van der Waals surface area (Å²) in [4.78, 5) is 43.6. The number of imide groups is 1. The van der Waals surface area contributed by atoms with E-state index >= 15 is 0 Å². The van der Waals surface area contributed by atoms with Gasteiger partial charge >= 0.3 is 6.03 Å². The largest absolute Gasteiger partial charge is 0.493 e. The van der Waals surface area contributed by atoms with Gasteiger partial charge in [0, 0.05) is 18.9 Å². The van der Waals surface area contributed by atoms with Crippen LogP contribution in [0.25, 0.3) is 0 Å². The molecule has 2 atom stereocenters. The first kappa shape index (κ1) is 25.5. The Morgan fingerprint density at radius 1 is 1.14 bits per heavy atom. The van der Waals surface area contributed by atoms with Gasteiger partial charge in [0.15, 0.2) is 11.5 Å². The van der Waals surface area contributed by atoms with Gasteiger partial charge in [0.25, 0.3) is 5.91 Å². The van der Waals surface area contributed by atoms with Crippen LogP contribution in [0.4, 0.5) is 4.79 Å². The number of aromatic nitrogens is 1. The Balaban J connectivity index is 1.34. The van der Waals surface area contributed by atoms with E-state index in [1.165, 1.54) is 0 Å². The van der Waals surface area contributed by atoms with E-state index in [2.05, 4.69) is 36.4 Å². The van der Waals surface area contributed by atoms with E-state index in [4.69, 9.17) is 9.47 Å². The quantitative estimate of drug-likeness (QED) is 0.544. The molecule has 4 amide bonds. The molecule has 36 heavy (non-hydrogen) atoms. The van der Waals surface area contributed by atoms with Crippen molar-refractivity contribution in [1.82, 2.24) is 20.5 Å². The van der Waals surface area contributed by atoms with Crippen LogP contribution in [0.15, 0.2) is 42.7 Å². The Kier molecular flexibility index (Phi) is 7.19. The molecule has 1 aliphatic heterocycles. The first-order valence-electron chi connectivity index (χ1n) is 12.2. The van der Waals surface area contributed by atoms with Crippen LogP contribution in [0.1, 0.15) is 51.2 Å². The van der Waals surface area contributed by atoms with Gasteiger partial charge in [-0.1, -0.05) is 26.8 Å². The van der Waals surface area contributed by atoms with Gasteiger partial charge in [0.05, 0.1) is 7.11 Å². The average molecular weight is 495 g/mol. The maximum Gasteiger partial charge on any atom is 0.325 e. The highest BCUT2D eigenvalue weighted by Crippen LogP contribution is 2.46. The van der Waals surface area contributed by atoms with Crippen molar-refractivity contribution >= 4 is 17.8 Å². The molecule has 9 nitrogen and oxygen atoms in total. The van der Waals surface area contributed by atoms with Crippen LogP contribution in [0, 0.1) is 11.3 Å². The summed E-state index contributed by atoms with van der Waals surface area (Å²) in [5, 5.41) is 5.70. The van der Waals surface area contributed by atoms with Crippen molar-refractivity contribution in [1.29, 1.82) is 0 Å². The van der Waals surface area contributed by atoms with Gasteiger partial charge in [0.1, 0.15) is 18.7 Å². The Morgan fingerprint density at radius 2 is 1.89 bits per heavy atom. The molecule has 2 fully saturated rings. The van der Waals surface area contributed by atoms with Crippen LogP contribution in [0.2, 0.25) is 0 Å². The summed E-state index contributed by atoms with van der Waals surface area (Å²) in [6, 6.07) is 8.65. The fourth-order valence-electron chi connectivity index (χ4n) is 5.63. The lowest BCUT2D eigenvalue weighted by molar-refractivity contribution is -0.137. The molecular weight excluding hydrogens is 460 g/mol. The maximum absolute atomic E-state index is 13.2. The van der Waals surface area contributed by atoms with E-state index in [9.17, 15) is 14.4 Å². The molecule has 2 heterocycles. The third-order valence-electron chi connectivity index (χ3n) is 6.79. The molecule has 2 aromatic rings. The van der Waals surface area contributed by atoms with Crippen molar-refractivity contribution < 1.29 is 23.9 Å². The normalized spacial score (nSPS) is 22.9. The zero-order valence-electron chi connectivity index (χ0n) is 21.3. The summed E-state index contributed by atoms with van der Waals surface area (Å²) in [6.45, 7) is 6.61. The van der Waals surface area contributed by atoms with E-state index < -0.39 is 17.5 Å². The number of benzene rings is 1. The third-order valence-corrected chi connectivity index (χ3v) is 6.79. The smallest absolute Gasteiger partial charge is 0.325 e. The van der Waals surface area contributed by atoms with Crippen LogP contribution in [0.5, 0.6) is 11.5 Å². The molecule has 2 aliphatic rings. The van der Waals surface area contributed by atoms with Crippen LogP contribution in [-0.2, 0) is 22.7 Å². The van der Waals surface area contributed by atoms with E-state index in [-0.39, 0.29) is 24.4 Å². The third kappa shape index (κ3) is 5.61. The van der Waals surface area contributed by atoms with Gasteiger partial charge in [-0.05, 0) is 66.0 Å². The second-order valence-electron chi connectivity index (χ2n) is 10.7. The summed E-state index contributed by atoms with van der Waals surface area (Å²) in [5.41, 5.74) is 0.800. The van der Waals surface area contributed by atoms with Crippen molar-refractivity contribution in [3.8, 4) is 11.5 Å². The lowest BCUT2D eigenvalue weighted by atomic mass is 9.64. The zero-order chi connectivity index (χ0) is 25.9. The number of methoxy groups -OCH3 is 1. The molecule has 4 rings (SSSR count). The van der Waals surface area contributed by atoms with Gasteiger partial charge in [-0.2, -0.15) is 0 Å². The summed E-state index contributed by atoms with van der Waals surface area (Å²) in [7, 11) is 1.55. The van der Waals surface area contributed by atoms with Crippen molar-refractivity contribution in [2.24, 2.45) is 11.3 Å². The molecule has 1 saturated carbocycles. The number of nitrogens with one attached hydrogen (secondary N) is 2. The lowest BCUT2D eigenvalue weighted by Crippen LogP contribution is -2.54. The van der Waals surface area contributed by atoms with Crippen LogP contribution < -0.4 is 20.1 Å². The fourth-order valence-corrected chi connectivity index (χ4v) is 5.63.